The van der Waals surface area contributed by atoms with Crippen LogP contribution in [-0.2, 0) is 6.54 Å². The molecule has 1 N–H and O–H groups in total. The molecule has 5 nitrogen and oxygen atoms in total. The molecule has 0 amide bonds. The molecule has 2 aromatic rings. The summed E-state index contributed by atoms with van der Waals surface area (Å²) in [5.74, 6) is 0.930. The lowest BCUT2D eigenvalue weighted by Gasteiger charge is -2.00. The highest BCUT2D eigenvalue weighted by Crippen LogP contribution is 2.05. The average Bonchev–Trinajstić information content (AvgIpc) is 2.62. The Morgan fingerprint density at radius 3 is 2.93 bits per heavy atom. The van der Waals surface area contributed by atoms with Gasteiger partial charge in [-0.15, -0.1) is 0 Å². The predicted molar refractivity (Wildman–Crippen MR) is 50.6 cm³/mol. The largest absolute Gasteiger partial charge is 0.363 e. The van der Waals surface area contributed by atoms with Gasteiger partial charge in [0, 0.05) is 6.92 Å². The Labute approximate surface area is 85.3 Å². The van der Waals surface area contributed by atoms with Crippen LogP contribution in [0.25, 0.3) is 0 Å². The van der Waals surface area contributed by atoms with E-state index in [0.29, 0.717) is 24.1 Å². The first-order valence-electron chi connectivity index (χ1n) is 4.39. The third kappa shape index (κ3) is 2.49. The molecule has 0 spiro atoms. The summed E-state index contributed by atoms with van der Waals surface area (Å²) >= 11 is 0. The number of halogens is 1. The lowest BCUT2D eigenvalue weighted by Crippen LogP contribution is -2.03. The van der Waals surface area contributed by atoms with Crippen LogP contribution in [0.2, 0.25) is 0 Å². The molecular formula is C9H9FN4O. The summed E-state index contributed by atoms with van der Waals surface area (Å²) in [7, 11) is 0. The fraction of sp³-hybridized carbons (Fsp3) is 0.222. The molecule has 0 radical (unpaired) electrons. The SMILES string of the molecule is Cc1nc(CNc2cccc(F)n2)no1. The number of hydrogen-bond donors (Lipinski definition) is 1. The van der Waals surface area contributed by atoms with Crippen molar-refractivity contribution in [2.24, 2.45) is 0 Å². The van der Waals surface area contributed by atoms with E-state index in [4.69, 9.17) is 4.52 Å². The van der Waals surface area contributed by atoms with Crippen molar-refractivity contribution in [2.75, 3.05) is 5.32 Å². The van der Waals surface area contributed by atoms with E-state index in [1.54, 1.807) is 19.1 Å². The van der Waals surface area contributed by atoms with E-state index in [2.05, 4.69) is 20.4 Å². The fourth-order valence-electron chi connectivity index (χ4n) is 1.09. The number of nitrogens with zero attached hydrogens (tertiary/aromatic N) is 3. The molecular weight excluding hydrogens is 199 g/mol. The Balaban J connectivity index is 1.99. The molecule has 15 heavy (non-hydrogen) atoms. The summed E-state index contributed by atoms with van der Waals surface area (Å²) < 4.78 is 17.5. The van der Waals surface area contributed by atoms with Crippen LogP contribution in [0, 0.1) is 12.9 Å². The topological polar surface area (TPSA) is 63.8 Å². The average molecular weight is 208 g/mol. The van der Waals surface area contributed by atoms with Crippen LogP contribution in [-0.4, -0.2) is 15.1 Å². The number of pyridine rings is 1. The summed E-state index contributed by atoms with van der Waals surface area (Å²) in [6, 6.07) is 4.52. The molecule has 6 heteroatoms. The lowest BCUT2D eigenvalue weighted by atomic mass is 10.4. The number of rotatable bonds is 3. The monoisotopic (exact) mass is 208 g/mol. The van der Waals surface area contributed by atoms with Crippen LogP contribution in [0.3, 0.4) is 0 Å². The van der Waals surface area contributed by atoms with E-state index in [9.17, 15) is 4.39 Å². The fourth-order valence-corrected chi connectivity index (χ4v) is 1.09. The lowest BCUT2D eigenvalue weighted by molar-refractivity contribution is 0.388. The second-order valence-electron chi connectivity index (χ2n) is 2.93. The van der Waals surface area contributed by atoms with Crippen LogP contribution in [0.5, 0.6) is 0 Å². The van der Waals surface area contributed by atoms with Gasteiger partial charge in [0.05, 0.1) is 6.54 Å². The van der Waals surface area contributed by atoms with Gasteiger partial charge in [-0.3, -0.25) is 0 Å². The molecule has 78 valence electrons. The van der Waals surface area contributed by atoms with Crippen LogP contribution in [0.4, 0.5) is 10.2 Å². The van der Waals surface area contributed by atoms with Crippen LogP contribution in [0.1, 0.15) is 11.7 Å². The first-order valence-corrected chi connectivity index (χ1v) is 4.39. The normalized spacial score (nSPS) is 10.3. The van der Waals surface area contributed by atoms with Gasteiger partial charge >= 0.3 is 0 Å². The van der Waals surface area contributed by atoms with Gasteiger partial charge < -0.3 is 9.84 Å². The van der Waals surface area contributed by atoms with Crippen molar-refractivity contribution in [3.05, 3.63) is 35.9 Å². The van der Waals surface area contributed by atoms with E-state index in [1.165, 1.54) is 6.07 Å². The molecule has 0 bridgehead atoms. The zero-order valence-electron chi connectivity index (χ0n) is 8.07. The van der Waals surface area contributed by atoms with Crippen molar-refractivity contribution in [1.82, 2.24) is 15.1 Å². The highest BCUT2D eigenvalue weighted by atomic mass is 19.1. The molecule has 0 unspecified atom stereocenters. The molecule has 0 aromatic carbocycles. The zero-order chi connectivity index (χ0) is 10.7. The number of anilines is 1. The number of aromatic nitrogens is 3. The summed E-state index contributed by atoms with van der Waals surface area (Å²) in [6.07, 6.45) is 0. The van der Waals surface area contributed by atoms with Gasteiger partial charge in [0.25, 0.3) is 0 Å². The number of aryl methyl sites for hydroxylation is 1. The van der Waals surface area contributed by atoms with Crippen molar-refractivity contribution in [1.29, 1.82) is 0 Å². The van der Waals surface area contributed by atoms with Gasteiger partial charge in [0.1, 0.15) is 5.82 Å². The molecule has 2 aromatic heterocycles. The third-order valence-corrected chi connectivity index (χ3v) is 1.71. The number of hydrogen-bond acceptors (Lipinski definition) is 5. The smallest absolute Gasteiger partial charge is 0.223 e. The quantitative estimate of drug-likeness (QED) is 0.775. The first kappa shape index (κ1) is 9.57. The van der Waals surface area contributed by atoms with E-state index in [1.807, 2.05) is 0 Å². The van der Waals surface area contributed by atoms with Gasteiger partial charge in [-0.1, -0.05) is 11.2 Å². The second kappa shape index (κ2) is 4.04. The summed E-state index contributed by atoms with van der Waals surface area (Å²) in [5.41, 5.74) is 0. The first-order chi connectivity index (χ1) is 7.24. The maximum absolute atomic E-state index is 12.7. The molecule has 0 aliphatic rings. The van der Waals surface area contributed by atoms with Gasteiger partial charge in [0.2, 0.25) is 11.8 Å². The van der Waals surface area contributed by atoms with E-state index in [-0.39, 0.29) is 0 Å². The molecule has 0 aliphatic heterocycles. The molecule has 0 aliphatic carbocycles. The molecule has 2 rings (SSSR count). The molecule has 0 fully saturated rings. The summed E-state index contributed by atoms with van der Waals surface area (Å²) in [4.78, 5) is 7.62. The van der Waals surface area contributed by atoms with Crippen LogP contribution in [0.15, 0.2) is 22.7 Å². The van der Waals surface area contributed by atoms with Gasteiger partial charge in [-0.05, 0) is 12.1 Å². The Morgan fingerprint density at radius 1 is 1.40 bits per heavy atom. The minimum absolute atomic E-state index is 0.355. The maximum Gasteiger partial charge on any atom is 0.223 e. The van der Waals surface area contributed by atoms with Gasteiger partial charge in [-0.25, -0.2) is 4.98 Å². The Hall–Kier alpha value is -1.98. The van der Waals surface area contributed by atoms with E-state index in [0.717, 1.165) is 0 Å². The summed E-state index contributed by atoms with van der Waals surface area (Å²) in [5, 5.41) is 6.56. The number of nitrogens with one attached hydrogen (secondary N) is 1. The van der Waals surface area contributed by atoms with Crippen LogP contribution >= 0.6 is 0 Å². The van der Waals surface area contributed by atoms with Crippen LogP contribution < -0.4 is 5.32 Å². The van der Waals surface area contributed by atoms with Crippen molar-refractivity contribution < 1.29 is 8.91 Å². The van der Waals surface area contributed by atoms with Crippen molar-refractivity contribution in [3.63, 3.8) is 0 Å². The minimum atomic E-state index is -0.524. The summed E-state index contributed by atoms with van der Waals surface area (Å²) in [6.45, 7) is 2.06. The minimum Gasteiger partial charge on any atom is -0.363 e. The van der Waals surface area contributed by atoms with E-state index >= 15 is 0 Å². The molecule has 0 atom stereocenters. The standard InChI is InChI=1S/C9H9FN4O/c1-6-12-9(14-15-6)5-11-8-4-2-3-7(10)13-8/h2-4H,5H2,1H3,(H,11,13). The van der Waals surface area contributed by atoms with E-state index < -0.39 is 5.95 Å². The molecule has 0 saturated heterocycles. The van der Waals surface area contributed by atoms with Gasteiger partial charge in [0.15, 0.2) is 5.82 Å². The Kier molecular flexibility index (Phi) is 2.57. The second-order valence-corrected chi connectivity index (χ2v) is 2.93. The zero-order valence-corrected chi connectivity index (χ0v) is 8.07. The predicted octanol–water partition coefficient (Wildman–Crippen LogP) is 1.52. The highest BCUT2D eigenvalue weighted by Gasteiger charge is 2.02. The third-order valence-electron chi connectivity index (χ3n) is 1.71. The van der Waals surface area contributed by atoms with Gasteiger partial charge in [-0.2, -0.15) is 9.37 Å². The van der Waals surface area contributed by atoms with Crippen molar-refractivity contribution in [3.8, 4) is 0 Å². The van der Waals surface area contributed by atoms with Crippen molar-refractivity contribution in [2.45, 2.75) is 13.5 Å². The Bertz CT molecular complexity index is 457. The Morgan fingerprint density at radius 2 is 2.27 bits per heavy atom. The molecule has 2 heterocycles. The maximum atomic E-state index is 12.7. The van der Waals surface area contributed by atoms with Crippen molar-refractivity contribution >= 4 is 5.82 Å². The highest BCUT2D eigenvalue weighted by molar-refractivity contribution is 5.33. The molecule has 0 saturated carbocycles.